The number of halogens is 1. The second-order valence-corrected chi connectivity index (χ2v) is 5.96. The molecular formula is C9H12BrNOS. The lowest BCUT2D eigenvalue weighted by Gasteiger charge is -2.31. The highest BCUT2D eigenvalue weighted by molar-refractivity contribution is 9.11. The van der Waals surface area contributed by atoms with Crippen LogP contribution < -0.4 is 5.32 Å². The molecule has 1 aromatic heterocycles. The highest BCUT2D eigenvalue weighted by atomic mass is 79.9. The monoisotopic (exact) mass is 261 g/mol. The van der Waals surface area contributed by atoms with Gasteiger partial charge in [-0.15, -0.1) is 11.3 Å². The third kappa shape index (κ3) is 2.53. The average molecular weight is 262 g/mol. The van der Waals surface area contributed by atoms with E-state index < -0.39 is 0 Å². The number of hydrogen-bond donors (Lipinski definition) is 2. The van der Waals surface area contributed by atoms with Crippen molar-refractivity contribution < 1.29 is 5.11 Å². The Morgan fingerprint density at radius 1 is 1.54 bits per heavy atom. The van der Waals surface area contributed by atoms with Crippen LogP contribution in [-0.2, 0) is 6.54 Å². The van der Waals surface area contributed by atoms with Crippen LogP contribution in [0.3, 0.4) is 0 Å². The van der Waals surface area contributed by atoms with Gasteiger partial charge in [-0.1, -0.05) is 0 Å². The van der Waals surface area contributed by atoms with Gasteiger partial charge in [-0.3, -0.25) is 0 Å². The van der Waals surface area contributed by atoms with Crippen molar-refractivity contribution in [1.29, 1.82) is 0 Å². The SMILES string of the molecule is OC1CC(NCc2ccc(Br)s2)C1. The standard InChI is InChI=1S/C9H12BrNOS/c10-9-2-1-8(13-9)5-11-6-3-7(12)4-6/h1-2,6-7,11-12H,3-5H2. The molecule has 1 aliphatic rings. The molecule has 0 saturated heterocycles. The molecule has 4 heteroatoms. The second kappa shape index (κ2) is 4.09. The molecule has 0 unspecified atom stereocenters. The fourth-order valence-electron chi connectivity index (χ4n) is 1.45. The van der Waals surface area contributed by atoms with E-state index in [1.165, 1.54) is 8.66 Å². The first-order valence-electron chi connectivity index (χ1n) is 4.39. The topological polar surface area (TPSA) is 32.3 Å². The van der Waals surface area contributed by atoms with E-state index in [-0.39, 0.29) is 6.10 Å². The lowest BCUT2D eigenvalue weighted by Crippen LogP contribution is -2.43. The van der Waals surface area contributed by atoms with Gasteiger partial charge in [-0.05, 0) is 40.9 Å². The molecular weight excluding hydrogens is 250 g/mol. The Bertz CT molecular complexity index is 283. The Morgan fingerprint density at radius 2 is 2.31 bits per heavy atom. The number of hydrogen-bond acceptors (Lipinski definition) is 3. The molecule has 1 heterocycles. The molecule has 0 aliphatic heterocycles. The van der Waals surface area contributed by atoms with Crippen LogP contribution in [0.4, 0.5) is 0 Å². The first-order valence-corrected chi connectivity index (χ1v) is 6.00. The van der Waals surface area contributed by atoms with Crippen molar-refractivity contribution in [3.05, 3.63) is 20.8 Å². The maximum absolute atomic E-state index is 9.07. The fourth-order valence-corrected chi connectivity index (χ4v) is 2.88. The van der Waals surface area contributed by atoms with Crippen molar-refractivity contribution in [2.45, 2.75) is 31.5 Å². The smallest absolute Gasteiger partial charge is 0.0701 e. The summed E-state index contributed by atoms with van der Waals surface area (Å²) < 4.78 is 1.18. The van der Waals surface area contributed by atoms with E-state index >= 15 is 0 Å². The van der Waals surface area contributed by atoms with Gasteiger partial charge in [0, 0.05) is 17.5 Å². The molecule has 13 heavy (non-hydrogen) atoms. The zero-order valence-corrected chi connectivity index (χ0v) is 9.57. The van der Waals surface area contributed by atoms with Gasteiger partial charge in [0.25, 0.3) is 0 Å². The summed E-state index contributed by atoms with van der Waals surface area (Å²) in [6, 6.07) is 4.71. The van der Waals surface area contributed by atoms with E-state index in [1.54, 1.807) is 11.3 Å². The summed E-state index contributed by atoms with van der Waals surface area (Å²) in [5.41, 5.74) is 0. The van der Waals surface area contributed by atoms with Crippen LogP contribution in [0.15, 0.2) is 15.9 Å². The summed E-state index contributed by atoms with van der Waals surface area (Å²) in [4.78, 5) is 1.34. The molecule has 0 atom stereocenters. The number of rotatable bonds is 3. The normalized spacial score (nSPS) is 27.2. The predicted octanol–water partition coefficient (Wildman–Crippen LogP) is 2.12. The molecule has 0 bridgehead atoms. The van der Waals surface area contributed by atoms with Gasteiger partial charge >= 0.3 is 0 Å². The first-order chi connectivity index (χ1) is 6.24. The van der Waals surface area contributed by atoms with Gasteiger partial charge in [-0.2, -0.15) is 0 Å². The van der Waals surface area contributed by atoms with Crippen molar-refractivity contribution in [1.82, 2.24) is 5.32 Å². The molecule has 72 valence electrons. The Morgan fingerprint density at radius 3 is 2.85 bits per heavy atom. The molecule has 0 amide bonds. The van der Waals surface area contributed by atoms with Crippen molar-refractivity contribution in [2.24, 2.45) is 0 Å². The minimum atomic E-state index is -0.0624. The van der Waals surface area contributed by atoms with Crippen LogP contribution in [0.2, 0.25) is 0 Å². The van der Waals surface area contributed by atoms with Crippen LogP contribution >= 0.6 is 27.3 Å². The predicted molar refractivity (Wildman–Crippen MR) is 57.9 cm³/mol. The summed E-state index contributed by atoms with van der Waals surface area (Å²) in [5.74, 6) is 0. The number of nitrogens with one attached hydrogen (secondary N) is 1. The molecule has 2 nitrogen and oxygen atoms in total. The van der Waals surface area contributed by atoms with E-state index in [0.717, 1.165) is 19.4 Å². The van der Waals surface area contributed by atoms with E-state index in [2.05, 4.69) is 33.4 Å². The molecule has 1 fully saturated rings. The molecule has 0 aromatic carbocycles. The maximum Gasteiger partial charge on any atom is 0.0701 e. The molecule has 2 N–H and O–H groups in total. The van der Waals surface area contributed by atoms with E-state index in [9.17, 15) is 0 Å². The van der Waals surface area contributed by atoms with Gasteiger partial charge in [0.2, 0.25) is 0 Å². The summed E-state index contributed by atoms with van der Waals surface area (Å²) in [7, 11) is 0. The molecule has 1 aliphatic carbocycles. The van der Waals surface area contributed by atoms with Gasteiger partial charge in [0.1, 0.15) is 0 Å². The molecule has 0 radical (unpaired) electrons. The highest BCUT2D eigenvalue weighted by Gasteiger charge is 2.26. The van der Waals surface area contributed by atoms with Crippen LogP contribution in [0, 0.1) is 0 Å². The van der Waals surface area contributed by atoms with Gasteiger partial charge in [-0.25, -0.2) is 0 Å². The molecule has 2 rings (SSSR count). The van der Waals surface area contributed by atoms with Crippen molar-refractivity contribution >= 4 is 27.3 Å². The third-order valence-corrected chi connectivity index (χ3v) is 3.93. The van der Waals surface area contributed by atoms with Crippen molar-refractivity contribution in [3.63, 3.8) is 0 Å². The van der Waals surface area contributed by atoms with Crippen LogP contribution in [0.25, 0.3) is 0 Å². The van der Waals surface area contributed by atoms with Crippen molar-refractivity contribution in [3.8, 4) is 0 Å². The minimum absolute atomic E-state index is 0.0624. The molecule has 1 aromatic rings. The lowest BCUT2D eigenvalue weighted by molar-refractivity contribution is 0.0620. The number of thiophene rings is 1. The zero-order valence-electron chi connectivity index (χ0n) is 7.16. The van der Waals surface area contributed by atoms with Crippen LogP contribution in [-0.4, -0.2) is 17.3 Å². The van der Waals surface area contributed by atoms with Crippen molar-refractivity contribution in [2.75, 3.05) is 0 Å². The fraction of sp³-hybridized carbons (Fsp3) is 0.556. The van der Waals surface area contributed by atoms with Crippen LogP contribution in [0.1, 0.15) is 17.7 Å². The number of aliphatic hydroxyl groups is 1. The number of aliphatic hydroxyl groups excluding tert-OH is 1. The second-order valence-electron chi connectivity index (χ2n) is 3.41. The van der Waals surface area contributed by atoms with Gasteiger partial charge in [0.15, 0.2) is 0 Å². The summed E-state index contributed by atoms with van der Waals surface area (Å²) in [5, 5.41) is 12.5. The quantitative estimate of drug-likeness (QED) is 0.874. The third-order valence-electron chi connectivity index (χ3n) is 2.31. The lowest BCUT2D eigenvalue weighted by atomic mass is 9.89. The van der Waals surface area contributed by atoms with E-state index in [0.29, 0.717) is 6.04 Å². The Hall–Kier alpha value is 0.1000. The van der Waals surface area contributed by atoms with Gasteiger partial charge < -0.3 is 10.4 Å². The maximum atomic E-state index is 9.07. The van der Waals surface area contributed by atoms with Gasteiger partial charge in [0.05, 0.1) is 9.89 Å². The Balaban J connectivity index is 1.74. The molecule has 1 saturated carbocycles. The zero-order chi connectivity index (χ0) is 9.26. The first kappa shape index (κ1) is 9.65. The minimum Gasteiger partial charge on any atom is -0.393 e. The molecule has 0 spiro atoms. The summed E-state index contributed by atoms with van der Waals surface area (Å²) >= 11 is 5.19. The van der Waals surface area contributed by atoms with E-state index in [1.807, 2.05) is 0 Å². The van der Waals surface area contributed by atoms with Crippen LogP contribution in [0.5, 0.6) is 0 Å². The Labute approximate surface area is 90.1 Å². The van der Waals surface area contributed by atoms with E-state index in [4.69, 9.17) is 5.11 Å². The Kier molecular flexibility index (Phi) is 3.03. The average Bonchev–Trinajstić information content (AvgIpc) is 2.43. The summed E-state index contributed by atoms with van der Waals surface area (Å²) in [6.45, 7) is 0.924. The highest BCUT2D eigenvalue weighted by Crippen LogP contribution is 2.24. The summed E-state index contributed by atoms with van der Waals surface area (Å²) in [6.07, 6.45) is 1.76. The largest absolute Gasteiger partial charge is 0.393 e.